The summed E-state index contributed by atoms with van der Waals surface area (Å²) in [6, 6.07) is 31.3. The molecule has 190 valence electrons. The Morgan fingerprint density at radius 2 is 1.63 bits per heavy atom. The van der Waals surface area contributed by atoms with Crippen LogP contribution in [0.15, 0.2) is 104 Å². The number of hydrogen-bond acceptors (Lipinski definition) is 2. The lowest BCUT2D eigenvalue weighted by Crippen LogP contribution is -2.67. The fourth-order valence-corrected chi connectivity index (χ4v) is 7.81. The molecule has 4 heterocycles. The molecule has 1 aromatic heterocycles. The largest absolute Gasteiger partial charge is 0.370 e. The van der Waals surface area contributed by atoms with E-state index in [0.717, 1.165) is 29.5 Å². The minimum absolute atomic E-state index is 0.0118. The number of pyridine rings is 1. The second kappa shape index (κ2) is 9.34. The van der Waals surface area contributed by atoms with Crippen LogP contribution in [0.1, 0.15) is 30.1 Å². The zero-order chi connectivity index (χ0) is 25.7. The molecule has 3 unspecified atom stereocenters. The van der Waals surface area contributed by atoms with E-state index < -0.39 is 0 Å². The molecule has 0 aliphatic carbocycles. The van der Waals surface area contributed by atoms with Crippen molar-refractivity contribution in [1.29, 1.82) is 0 Å². The van der Waals surface area contributed by atoms with Gasteiger partial charge >= 0.3 is 0 Å². The van der Waals surface area contributed by atoms with Crippen LogP contribution in [0.25, 0.3) is 32.4 Å². The monoisotopic (exact) mass is 499 g/mol. The van der Waals surface area contributed by atoms with Crippen LogP contribution in [-0.2, 0) is 11.3 Å². The van der Waals surface area contributed by atoms with Gasteiger partial charge in [-0.2, -0.15) is 0 Å². The van der Waals surface area contributed by atoms with Gasteiger partial charge in [0.2, 0.25) is 0 Å². The molecule has 3 saturated heterocycles. The second-order valence-corrected chi connectivity index (χ2v) is 11.4. The molecule has 5 atom stereocenters. The summed E-state index contributed by atoms with van der Waals surface area (Å²) < 4.78 is 7.52. The summed E-state index contributed by atoms with van der Waals surface area (Å²) in [6.07, 6.45) is 6.61. The van der Waals surface area contributed by atoms with Gasteiger partial charge in [0.25, 0.3) is 0 Å². The molecule has 3 nitrogen and oxygen atoms in total. The predicted octanol–water partition coefficient (Wildman–Crippen LogP) is 7.84. The molecule has 0 N–H and O–H groups in total. The molecular formula is C35H35N2O+. The summed E-state index contributed by atoms with van der Waals surface area (Å²) in [7, 11) is 1.90. The third-order valence-corrected chi connectivity index (χ3v) is 9.62. The summed E-state index contributed by atoms with van der Waals surface area (Å²) in [6.45, 7) is 7.59. The predicted molar refractivity (Wildman–Crippen MR) is 157 cm³/mol. The smallest absolute Gasteiger partial charge is 0.135 e. The van der Waals surface area contributed by atoms with Crippen LogP contribution < -0.4 is 0 Å². The Morgan fingerprint density at radius 1 is 0.947 bits per heavy atom. The topological polar surface area (TPSA) is 22.1 Å². The first kappa shape index (κ1) is 23.6. The van der Waals surface area contributed by atoms with E-state index in [1.165, 1.54) is 51.0 Å². The Balaban J connectivity index is 1.41. The summed E-state index contributed by atoms with van der Waals surface area (Å²) >= 11 is 0. The SMILES string of the molecule is C=CC1C[N+]2(Cc3c4ccccc4cc4ccccc34)CCC1C[C@H]2[C@@H](OC)c1ccnc2ccccc12. The van der Waals surface area contributed by atoms with E-state index in [-0.39, 0.29) is 6.10 Å². The second-order valence-electron chi connectivity index (χ2n) is 11.4. The molecule has 0 radical (unpaired) electrons. The van der Waals surface area contributed by atoms with Gasteiger partial charge < -0.3 is 9.22 Å². The summed E-state index contributed by atoms with van der Waals surface area (Å²) in [5, 5.41) is 6.61. The van der Waals surface area contributed by atoms with Crippen molar-refractivity contribution in [2.24, 2.45) is 11.8 Å². The van der Waals surface area contributed by atoms with Crippen LogP contribution in [0.2, 0.25) is 0 Å². The molecule has 0 spiro atoms. The summed E-state index contributed by atoms with van der Waals surface area (Å²) in [5.74, 6) is 1.22. The number of para-hydroxylation sites is 1. The Hall–Kier alpha value is -3.53. The average molecular weight is 500 g/mol. The van der Waals surface area contributed by atoms with Gasteiger partial charge in [-0.3, -0.25) is 4.98 Å². The van der Waals surface area contributed by atoms with Gasteiger partial charge in [0, 0.05) is 43.0 Å². The molecule has 4 aromatic carbocycles. The van der Waals surface area contributed by atoms with E-state index in [1.54, 1.807) is 0 Å². The lowest BCUT2D eigenvalue weighted by Gasteiger charge is -2.58. The normalized spacial score (nSPS) is 25.7. The van der Waals surface area contributed by atoms with E-state index in [1.807, 2.05) is 13.3 Å². The number of rotatable bonds is 6. The molecule has 3 fully saturated rings. The van der Waals surface area contributed by atoms with Crippen molar-refractivity contribution < 1.29 is 9.22 Å². The number of quaternary nitrogens is 1. The fraction of sp³-hybridized carbons (Fsp3) is 0.286. The highest BCUT2D eigenvalue weighted by molar-refractivity contribution is 6.02. The highest BCUT2D eigenvalue weighted by atomic mass is 16.5. The molecule has 0 amide bonds. The Labute approximate surface area is 225 Å². The number of piperidine rings is 3. The molecule has 38 heavy (non-hydrogen) atoms. The molecule has 2 bridgehead atoms. The molecule has 5 aromatic rings. The third kappa shape index (κ3) is 3.68. The number of aromatic nitrogens is 1. The van der Waals surface area contributed by atoms with Crippen molar-refractivity contribution >= 4 is 32.4 Å². The van der Waals surface area contributed by atoms with Gasteiger partial charge in [-0.25, -0.2) is 0 Å². The first-order valence-corrected chi connectivity index (χ1v) is 13.9. The van der Waals surface area contributed by atoms with Crippen LogP contribution in [-0.4, -0.2) is 35.7 Å². The Bertz CT molecular complexity index is 1600. The van der Waals surface area contributed by atoms with Crippen molar-refractivity contribution in [2.75, 3.05) is 20.2 Å². The van der Waals surface area contributed by atoms with E-state index in [2.05, 4.69) is 103 Å². The zero-order valence-corrected chi connectivity index (χ0v) is 22.1. The first-order chi connectivity index (χ1) is 18.7. The standard InChI is InChI=1S/C35H35N2O/c1-3-24-22-37(23-32-28-12-6-4-10-26(28)20-27-11-5-7-13-29(27)32)19-17-25(24)21-34(37)35(38-2)31-16-18-36-33-15-9-8-14-30(31)33/h3-16,18,20,24-25,34-35H,1,17,19,21-23H2,2H3/q+1/t24?,25?,34-,35-,37?/m0/s1. The van der Waals surface area contributed by atoms with Crippen molar-refractivity contribution in [2.45, 2.75) is 31.5 Å². The molecule has 3 aliphatic heterocycles. The maximum Gasteiger partial charge on any atom is 0.135 e. The first-order valence-electron chi connectivity index (χ1n) is 13.9. The number of ether oxygens (including phenoxy) is 1. The van der Waals surface area contributed by atoms with Crippen LogP contribution in [0, 0.1) is 11.8 Å². The lowest BCUT2D eigenvalue weighted by atomic mass is 9.71. The van der Waals surface area contributed by atoms with Gasteiger partial charge in [0.05, 0.1) is 18.6 Å². The highest BCUT2D eigenvalue weighted by Gasteiger charge is 2.54. The van der Waals surface area contributed by atoms with E-state index in [4.69, 9.17) is 4.74 Å². The molecule has 8 rings (SSSR count). The van der Waals surface area contributed by atoms with Gasteiger partial charge in [-0.1, -0.05) is 72.8 Å². The third-order valence-electron chi connectivity index (χ3n) is 9.62. The summed E-state index contributed by atoms with van der Waals surface area (Å²) in [5.41, 5.74) is 3.78. The number of nitrogens with zero attached hydrogens (tertiary/aromatic N) is 2. The minimum Gasteiger partial charge on any atom is -0.370 e. The lowest BCUT2D eigenvalue weighted by molar-refractivity contribution is -0.984. The van der Waals surface area contributed by atoms with Crippen LogP contribution >= 0.6 is 0 Å². The van der Waals surface area contributed by atoms with Crippen molar-refractivity contribution in [3.8, 4) is 0 Å². The van der Waals surface area contributed by atoms with Gasteiger partial charge in [-0.15, -0.1) is 6.58 Å². The van der Waals surface area contributed by atoms with E-state index >= 15 is 0 Å². The van der Waals surface area contributed by atoms with Crippen LogP contribution in [0.3, 0.4) is 0 Å². The molecule has 3 aliphatic rings. The number of hydrogen-bond donors (Lipinski definition) is 0. The Kier molecular flexibility index (Phi) is 5.79. The van der Waals surface area contributed by atoms with E-state index in [9.17, 15) is 0 Å². The van der Waals surface area contributed by atoms with Crippen molar-refractivity contribution in [3.63, 3.8) is 0 Å². The average Bonchev–Trinajstić information content (AvgIpc) is 2.98. The number of fused-ring (bicyclic) bond motifs is 6. The zero-order valence-electron chi connectivity index (χ0n) is 22.1. The summed E-state index contributed by atoms with van der Waals surface area (Å²) in [4.78, 5) is 4.66. The van der Waals surface area contributed by atoms with Crippen LogP contribution in [0.5, 0.6) is 0 Å². The van der Waals surface area contributed by atoms with E-state index in [0.29, 0.717) is 17.9 Å². The van der Waals surface area contributed by atoms with Crippen molar-refractivity contribution in [3.05, 3.63) is 115 Å². The minimum atomic E-state index is 0.0118. The van der Waals surface area contributed by atoms with Crippen LogP contribution in [0.4, 0.5) is 0 Å². The number of methoxy groups -OCH3 is 1. The maximum absolute atomic E-state index is 6.47. The fourth-order valence-electron chi connectivity index (χ4n) is 7.81. The number of benzene rings is 4. The quantitative estimate of drug-likeness (QED) is 0.135. The highest BCUT2D eigenvalue weighted by Crippen LogP contribution is 2.49. The maximum atomic E-state index is 6.47. The van der Waals surface area contributed by atoms with Gasteiger partial charge in [0.15, 0.2) is 0 Å². The van der Waals surface area contributed by atoms with Gasteiger partial charge in [0.1, 0.15) is 18.7 Å². The van der Waals surface area contributed by atoms with Crippen molar-refractivity contribution in [1.82, 2.24) is 4.98 Å². The van der Waals surface area contributed by atoms with Gasteiger partial charge in [-0.05, 0) is 51.2 Å². The molecular weight excluding hydrogens is 464 g/mol. The molecule has 3 heteroatoms. The molecule has 0 saturated carbocycles. The Morgan fingerprint density at radius 3 is 2.34 bits per heavy atom.